The maximum Gasteiger partial charge on any atom is 0.195 e. The molecule has 1 aromatic carbocycles. The van der Waals surface area contributed by atoms with E-state index in [0.717, 1.165) is 0 Å². The van der Waals surface area contributed by atoms with Gasteiger partial charge in [0.2, 0.25) is 0 Å². The van der Waals surface area contributed by atoms with Gasteiger partial charge in [-0.1, -0.05) is 12.1 Å². The Kier molecular flexibility index (Phi) is 4.54. The lowest BCUT2D eigenvalue weighted by molar-refractivity contribution is 0.0986. The number of hydroxylamine groups is 1. The molecule has 0 aromatic heterocycles. The maximum atomic E-state index is 8.82. The Morgan fingerprint density at radius 3 is 2.93 bits per heavy atom. The molecule has 2 N–H and O–H groups in total. The van der Waals surface area contributed by atoms with Crippen LogP contribution >= 0.6 is 12.2 Å². The van der Waals surface area contributed by atoms with Crippen molar-refractivity contribution in [3.63, 3.8) is 0 Å². The van der Waals surface area contributed by atoms with E-state index in [4.69, 9.17) is 22.3 Å². The van der Waals surface area contributed by atoms with Crippen LogP contribution in [0, 0.1) is 11.3 Å². The summed E-state index contributed by atoms with van der Waals surface area (Å²) in [6, 6.07) is 9.18. The lowest BCUT2D eigenvalue weighted by Gasteiger charge is -2.10. The molecule has 0 saturated carbocycles. The van der Waals surface area contributed by atoms with Gasteiger partial charge in [0.1, 0.15) is 6.07 Å². The third kappa shape index (κ3) is 3.54. The van der Waals surface area contributed by atoms with Gasteiger partial charge in [0.25, 0.3) is 0 Å². The molecule has 0 bridgehead atoms. The Labute approximate surface area is 93.8 Å². The molecule has 0 aliphatic carbocycles. The highest BCUT2D eigenvalue weighted by molar-refractivity contribution is 7.80. The SMILES string of the molecule is CCONC(=S)Nc1ccccc1C#N. The van der Waals surface area contributed by atoms with Gasteiger partial charge in [0.15, 0.2) is 5.11 Å². The first-order chi connectivity index (χ1) is 7.27. The molecule has 78 valence electrons. The number of hydrogen-bond acceptors (Lipinski definition) is 3. The monoisotopic (exact) mass is 221 g/mol. The van der Waals surface area contributed by atoms with Crippen molar-refractivity contribution in [2.75, 3.05) is 11.9 Å². The Morgan fingerprint density at radius 1 is 1.53 bits per heavy atom. The van der Waals surface area contributed by atoms with Crippen molar-refractivity contribution in [2.24, 2.45) is 0 Å². The third-order valence-electron chi connectivity index (χ3n) is 1.60. The molecule has 0 radical (unpaired) electrons. The Bertz CT molecular complexity index is 386. The second-order valence-corrected chi connectivity index (χ2v) is 3.05. The summed E-state index contributed by atoms with van der Waals surface area (Å²) in [5.41, 5.74) is 3.75. The van der Waals surface area contributed by atoms with Gasteiger partial charge in [0.05, 0.1) is 17.9 Å². The first kappa shape index (κ1) is 11.4. The highest BCUT2D eigenvalue weighted by Crippen LogP contribution is 2.12. The maximum absolute atomic E-state index is 8.82. The van der Waals surface area contributed by atoms with Gasteiger partial charge in [-0.25, -0.2) is 5.48 Å². The minimum atomic E-state index is 0.333. The van der Waals surface area contributed by atoms with Gasteiger partial charge >= 0.3 is 0 Å². The number of benzene rings is 1. The Hall–Kier alpha value is -1.64. The molecule has 0 heterocycles. The summed E-state index contributed by atoms with van der Waals surface area (Å²) in [5.74, 6) is 0. The molecule has 0 saturated heterocycles. The van der Waals surface area contributed by atoms with E-state index in [1.807, 2.05) is 13.0 Å². The molecule has 0 amide bonds. The average Bonchev–Trinajstić information content (AvgIpc) is 2.27. The smallest absolute Gasteiger partial charge is 0.195 e. The first-order valence-electron chi connectivity index (χ1n) is 4.45. The molecule has 0 atom stereocenters. The highest BCUT2D eigenvalue weighted by atomic mass is 32.1. The van der Waals surface area contributed by atoms with Crippen LogP contribution in [0.4, 0.5) is 5.69 Å². The minimum absolute atomic E-state index is 0.333. The van der Waals surface area contributed by atoms with Crippen molar-refractivity contribution < 1.29 is 4.84 Å². The van der Waals surface area contributed by atoms with Crippen LogP contribution in [0.25, 0.3) is 0 Å². The number of hydrogen-bond donors (Lipinski definition) is 2. The van der Waals surface area contributed by atoms with Crippen LogP contribution in [-0.2, 0) is 4.84 Å². The standard InChI is InChI=1S/C10H11N3OS/c1-2-14-13-10(15)12-9-6-4-3-5-8(9)7-11/h3-6H,2H2,1H3,(H2,12,13,15). The van der Waals surface area contributed by atoms with Crippen molar-refractivity contribution in [2.45, 2.75) is 6.92 Å². The van der Waals surface area contributed by atoms with Crippen LogP contribution in [0.5, 0.6) is 0 Å². The highest BCUT2D eigenvalue weighted by Gasteiger charge is 2.01. The average molecular weight is 221 g/mol. The molecule has 0 fully saturated rings. The molecule has 15 heavy (non-hydrogen) atoms. The summed E-state index contributed by atoms with van der Waals surface area (Å²) in [6.07, 6.45) is 0. The number of nitrogens with one attached hydrogen (secondary N) is 2. The lowest BCUT2D eigenvalue weighted by atomic mass is 10.2. The topological polar surface area (TPSA) is 57.1 Å². The Balaban J connectivity index is 2.64. The van der Waals surface area contributed by atoms with E-state index in [0.29, 0.717) is 23.0 Å². The van der Waals surface area contributed by atoms with Crippen LogP contribution in [0.3, 0.4) is 0 Å². The molecule has 1 rings (SSSR count). The predicted octanol–water partition coefficient (Wildman–Crippen LogP) is 1.80. The number of nitriles is 1. The van der Waals surface area contributed by atoms with Crippen LogP contribution in [0.2, 0.25) is 0 Å². The molecular weight excluding hydrogens is 210 g/mol. The van der Waals surface area contributed by atoms with Gasteiger partial charge in [-0.05, 0) is 31.3 Å². The summed E-state index contributed by atoms with van der Waals surface area (Å²) < 4.78 is 0. The van der Waals surface area contributed by atoms with Gasteiger partial charge in [0, 0.05) is 0 Å². The van der Waals surface area contributed by atoms with Crippen molar-refractivity contribution in [3.8, 4) is 6.07 Å². The number of anilines is 1. The van der Waals surface area contributed by atoms with Crippen LogP contribution < -0.4 is 10.8 Å². The predicted molar refractivity (Wildman–Crippen MR) is 62.1 cm³/mol. The van der Waals surface area contributed by atoms with E-state index in [-0.39, 0.29) is 0 Å². The molecule has 0 spiro atoms. The molecule has 0 aliphatic heterocycles. The molecule has 0 aliphatic rings. The fraction of sp³-hybridized carbons (Fsp3) is 0.200. The summed E-state index contributed by atoms with van der Waals surface area (Å²) in [5, 5.41) is 12.0. The number of para-hydroxylation sites is 1. The zero-order valence-electron chi connectivity index (χ0n) is 8.28. The second kappa shape index (κ2) is 5.96. The zero-order valence-corrected chi connectivity index (χ0v) is 9.10. The summed E-state index contributed by atoms with van der Waals surface area (Å²) in [7, 11) is 0. The van der Waals surface area contributed by atoms with E-state index >= 15 is 0 Å². The van der Waals surface area contributed by atoms with Crippen LogP contribution in [0.1, 0.15) is 12.5 Å². The summed E-state index contributed by atoms with van der Waals surface area (Å²) in [4.78, 5) is 4.90. The Morgan fingerprint density at radius 2 is 2.27 bits per heavy atom. The van der Waals surface area contributed by atoms with Crippen LogP contribution in [-0.4, -0.2) is 11.7 Å². The molecule has 5 heteroatoms. The van der Waals surface area contributed by atoms with E-state index < -0.39 is 0 Å². The van der Waals surface area contributed by atoms with E-state index in [1.54, 1.807) is 18.2 Å². The second-order valence-electron chi connectivity index (χ2n) is 2.65. The van der Waals surface area contributed by atoms with Crippen molar-refractivity contribution in [3.05, 3.63) is 29.8 Å². The van der Waals surface area contributed by atoms with E-state index in [2.05, 4.69) is 16.9 Å². The summed E-state index contributed by atoms with van der Waals surface area (Å²) in [6.45, 7) is 2.36. The van der Waals surface area contributed by atoms with Gasteiger partial charge in [-0.2, -0.15) is 5.26 Å². The molecule has 1 aromatic rings. The van der Waals surface area contributed by atoms with Crippen molar-refractivity contribution in [1.29, 1.82) is 5.26 Å². The van der Waals surface area contributed by atoms with Gasteiger partial charge in [-0.15, -0.1) is 0 Å². The number of nitrogens with zero attached hydrogens (tertiary/aromatic N) is 1. The fourth-order valence-electron chi connectivity index (χ4n) is 0.975. The lowest BCUT2D eigenvalue weighted by Crippen LogP contribution is -2.28. The van der Waals surface area contributed by atoms with Gasteiger partial charge in [-0.3, -0.25) is 4.84 Å². The van der Waals surface area contributed by atoms with Crippen LogP contribution in [0.15, 0.2) is 24.3 Å². The molecule has 0 unspecified atom stereocenters. The van der Waals surface area contributed by atoms with E-state index in [1.165, 1.54) is 0 Å². The van der Waals surface area contributed by atoms with Gasteiger partial charge < -0.3 is 5.32 Å². The fourth-order valence-corrected chi connectivity index (χ4v) is 1.14. The van der Waals surface area contributed by atoms with Crippen molar-refractivity contribution >= 4 is 23.0 Å². The number of rotatable bonds is 3. The molecule has 4 nitrogen and oxygen atoms in total. The van der Waals surface area contributed by atoms with E-state index in [9.17, 15) is 0 Å². The minimum Gasteiger partial charge on any atom is -0.330 e. The first-order valence-corrected chi connectivity index (χ1v) is 4.86. The molecular formula is C10H11N3OS. The van der Waals surface area contributed by atoms with Crippen molar-refractivity contribution in [1.82, 2.24) is 5.48 Å². The largest absolute Gasteiger partial charge is 0.330 e. The summed E-state index contributed by atoms with van der Waals surface area (Å²) >= 11 is 4.95. The zero-order chi connectivity index (χ0) is 11.1. The third-order valence-corrected chi connectivity index (χ3v) is 1.79. The normalized spacial score (nSPS) is 9.07. The quantitative estimate of drug-likeness (QED) is 0.602. The number of thiocarbonyl (C=S) groups is 1.